The van der Waals surface area contributed by atoms with Crippen LogP contribution >= 0.6 is 0 Å². The van der Waals surface area contributed by atoms with Gasteiger partial charge in [0.05, 0.1) is 13.2 Å². The number of unbranched alkanes of at least 4 members (excludes halogenated alkanes) is 1. The molecule has 0 aliphatic carbocycles. The van der Waals surface area contributed by atoms with E-state index in [4.69, 9.17) is 9.47 Å². The Labute approximate surface area is 123 Å². The Morgan fingerprint density at radius 2 is 2.20 bits per heavy atom. The van der Waals surface area contributed by atoms with E-state index in [2.05, 4.69) is 24.2 Å². The maximum Gasteiger partial charge on any atom is 0.325 e. The number of esters is 1. The molecule has 0 aromatic heterocycles. The Morgan fingerprint density at radius 1 is 1.50 bits per heavy atom. The third-order valence-corrected chi connectivity index (χ3v) is 4.53. The Kier molecular flexibility index (Phi) is 6.92. The van der Waals surface area contributed by atoms with Gasteiger partial charge in [-0.25, -0.2) is 0 Å². The fraction of sp³-hybridized carbons (Fsp3) is 0.933. The number of hydrogen-bond donors (Lipinski definition) is 1. The number of rotatable bonds is 8. The van der Waals surface area contributed by atoms with Crippen LogP contribution in [0.5, 0.6) is 0 Å². The topological polar surface area (TPSA) is 50.8 Å². The SMILES string of the molecule is CNC(C)(CCCCN(C)C1CCOC1C)C(=O)OC. The van der Waals surface area contributed by atoms with Crippen molar-refractivity contribution in [2.75, 3.05) is 34.4 Å². The summed E-state index contributed by atoms with van der Waals surface area (Å²) in [6.45, 7) is 5.95. The van der Waals surface area contributed by atoms with Gasteiger partial charge in [0, 0.05) is 12.6 Å². The van der Waals surface area contributed by atoms with Gasteiger partial charge in [0.2, 0.25) is 0 Å². The van der Waals surface area contributed by atoms with Gasteiger partial charge in [-0.3, -0.25) is 4.79 Å². The average Bonchev–Trinajstić information content (AvgIpc) is 2.88. The molecule has 0 amide bonds. The van der Waals surface area contributed by atoms with E-state index >= 15 is 0 Å². The number of carbonyl (C=O) groups is 1. The van der Waals surface area contributed by atoms with Crippen molar-refractivity contribution in [2.45, 2.75) is 57.2 Å². The maximum absolute atomic E-state index is 11.7. The molecule has 1 aliphatic rings. The van der Waals surface area contributed by atoms with Gasteiger partial charge < -0.3 is 19.7 Å². The Balaban J connectivity index is 2.28. The van der Waals surface area contributed by atoms with E-state index in [9.17, 15) is 4.79 Å². The molecule has 3 unspecified atom stereocenters. The van der Waals surface area contributed by atoms with Crippen molar-refractivity contribution in [3.63, 3.8) is 0 Å². The standard InChI is InChI=1S/C15H30N2O3/c1-12-13(8-11-20-12)17(4)10-7-6-9-15(2,16-3)14(18)19-5/h12-13,16H,6-11H2,1-5H3. The van der Waals surface area contributed by atoms with E-state index in [-0.39, 0.29) is 5.97 Å². The van der Waals surface area contributed by atoms with Gasteiger partial charge in [-0.1, -0.05) is 0 Å². The average molecular weight is 286 g/mol. The van der Waals surface area contributed by atoms with Crippen LogP contribution in [0.3, 0.4) is 0 Å². The molecule has 0 spiro atoms. The highest BCUT2D eigenvalue weighted by Crippen LogP contribution is 2.20. The van der Waals surface area contributed by atoms with E-state index < -0.39 is 5.54 Å². The third kappa shape index (κ3) is 4.43. The first-order valence-corrected chi connectivity index (χ1v) is 7.53. The highest BCUT2D eigenvalue weighted by atomic mass is 16.5. The van der Waals surface area contributed by atoms with Gasteiger partial charge in [-0.2, -0.15) is 0 Å². The monoisotopic (exact) mass is 286 g/mol. The summed E-state index contributed by atoms with van der Waals surface area (Å²) in [4.78, 5) is 14.1. The second-order valence-electron chi connectivity index (χ2n) is 5.94. The van der Waals surface area contributed by atoms with Crippen molar-refractivity contribution in [2.24, 2.45) is 0 Å². The zero-order valence-corrected chi connectivity index (χ0v) is 13.6. The van der Waals surface area contributed by atoms with Crippen LogP contribution in [0.15, 0.2) is 0 Å². The smallest absolute Gasteiger partial charge is 0.325 e. The summed E-state index contributed by atoms with van der Waals surface area (Å²) >= 11 is 0. The summed E-state index contributed by atoms with van der Waals surface area (Å²) in [5.74, 6) is -0.189. The summed E-state index contributed by atoms with van der Waals surface area (Å²) in [6.07, 6.45) is 4.32. The Morgan fingerprint density at radius 3 is 2.70 bits per heavy atom. The lowest BCUT2D eigenvalue weighted by molar-refractivity contribution is -0.148. The van der Waals surface area contributed by atoms with Crippen LogP contribution in [-0.2, 0) is 14.3 Å². The minimum atomic E-state index is -0.572. The predicted molar refractivity (Wildman–Crippen MR) is 79.8 cm³/mol. The minimum Gasteiger partial charge on any atom is -0.468 e. The number of nitrogens with one attached hydrogen (secondary N) is 1. The molecule has 1 N–H and O–H groups in total. The lowest BCUT2D eigenvalue weighted by Crippen LogP contribution is -2.48. The van der Waals surface area contributed by atoms with Gasteiger partial charge in [-0.05, 0) is 60.2 Å². The number of hydrogen-bond acceptors (Lipinski definition) is 5. The molecule has 0 bridgehead atoms. The molecule has 1 saturated heterocycles. The molecule has 0 aromatic carbocycles. The molecule has 5 heteroatoms. The molecule has 0 saturated carbocycles. The van der Waals surface area contributed by atoms with Crippen molar-refractivity contribution in [1.82, 2.24) is 10.2 Å². The van der Waals surface area contributed by atoms with Crippen molar-refractivity contribution in [3.8, 4) is 0 Å². The lowest BCUT2D eigenvalue weighted by Gasteiger charge is -2.28. The van der Waals surface area contributed by atoms with E-state index in [1.807, 2.05) is 6.92 Å². The summed E-state index contributed by atoms with van der Waals surface area (Å²) in [7, 11) is 5.40. The molecule has 0 aromatic rings. The van der Waals surface area contributed by atoms with E-state index in [1.54, 1.807) is 7.05 Å². The molecule has 20 heavy (non-hydrogen) atoms. The maximum atomic E-state index is 11.7. The second kappa shape index (κ2) is 7.96. The van der Waals surface area contributed by atoms with Crippen LogP contribution in [0, 0.1) is 0 Å². The summed E-state index contributed by atoms with van der Waals surface area (Å²) < 4.78 is 10.4. The van der Waals surface area contributed by atoms with Crippen LogP contribution in [0.2, 0.25) is 0 Å². The third-order valence-electron chi connectivity index (χ3n) is 4.53. The number of ether oxygens (including phenoxy) is 2. The number of carbonyl (C=O) groups excluding carboxylic acids is 1. The van der Waals surface area contributed by atoms with Gasteiger partial charge in [0.25, 0.3) is 0 Å². The largest absolute Gasteiger partial charge is 0.468 e. The molecule has 3 atom stereocenters. The summed E-state index contributed by atoms with van der Waals surface area (Å²) in [5.41, 5.74) is -0.572. The van der Waals surface area contributed by atoms with Crippen molar-refractivity contribution >= 4 is 5.97 Å². The molecular formula is C15H30N2O3. The Hall–Kier alpha value is -0.650. The molecule has 5 nitrogen and oxygen atoms in total. The van der Waals surface area contributed by atoms with Crippen LogP contribution in [0.1, 0.15) is 39.5 Å². The number of methoxy groups -OCH3 is 1. The highest BCUT2D eigenvalue weighted by molar-refractivity contribution is 5.80. The van der Waals surface area contributed by atoms with E-state index in [0.717, 1.165) is 38.8 Å². The summed E-state index contributed by atoms with van der Waals surface area (Å²) in [5, 5.41) is 3.07. The van der Waals surface area contributed by atoms with Gasteiger partial charge >= 0.3 is 5.97 Å². The number of likely N-dealkylation sites (N-methyl/N-ethyl adjacent to an activating group) is 2. The van der Waals surface area contributed by atoms with Gasteiger partial charge in [-0.15, -0.1) is 0 Å². The molecule has 118 valence electrons. The van der Waals surface area contributed by atoms with E-state index in [0.29, 0.717) is 12.1 Å². The molecule has 1 fully saturated rings. The van der Waals surface area contributed by atoms with Crippen LogP contribution in [-0.4, -0.2) is 62.9 Å². The number of nitrogens with zero attached hydrogens (tertiary/aromatic N) is 1. The predicted octanol–water partition coefficient (Wildman–Crippen LogP) is 1.42. The van der Waals surface area contributed by atoms with Crippen molar-refractivity contribution in [3.05, 3.63) is 0 Å². The molecule has 1 heterocycles. The summed E-state index contributed by atoms with van der Waals surface area (Å²) in [6, 6.07) is 0.534. The normalized spacial score (nSPS) is 25.7. The fourth-order valence-electron chi connectivity index (χ4n) is 2.86. The first-order valence-electron chi connectivity index (χ1n) is 7.53. The van der Waals surface area contributed by atoms with Gasteiger partial charge in [0.15, 0.2) is 0 Å². The van der Waals surface area contributed by atoms with Crippen LogP contribution < -0.4 is 5.32 Å². The molecule has 1 aliphatic heterocycles. The van der Waals surface area contributed by atoms with Crippen LogP contribution in [0.4, 0.5) is 0 Å². The molecule has 0 radical (unpaired) electrons. The second-order valence-corrected chi connectivity index (χ2v) is 5.94. The first-order chi connectivity index (χ1) is 9.44. The molecule has 1 rings (SSSR count). The lowest BCUT2D eigenvalue weighted by atomic mass is 9.95. The van der Waals surface area contributed by atoms with Gasteiger partial charge in [0.1, 0.15) is 5.54 Å². The minimum absolute atomic E-state index is 0.189. The fourth-order valence-corrected chi connectivity index (χ4v) is 2.86. The van der Waals surface area contributed by atoms with Crippen LogP contribution in [0.25, 0.3) is 0 Å². The van der Waals surface area contributed by atoms with E-state index in [1.165, 1.54) is 7.11 Å². The Bertz CT molecular complexity index is 311. The molecular weight excluding hydrogens is 256 g/mol. The van der Waals surface area contributed by atoms with Crippen molar-refractivity contribution in [1.29, 1.82) is 0 Å². The highest BCUT2D eigenvalue weighted by Gasteiger charge is 2.32. The quantitative estimate of drug-likeness (QED) is 0.540. The van der Waals surface area contributed by atoms with Crippen molar-refractivity contribution < 1.29 is 14.3 Å². The zero-order chi connectivity index (χ0) is 15.2. The zero-order valence-electron chi connectivity index (χ0n) is 13.6. The first kappa shape index (κ1) is 17.4.